The fraction of sp³-hybridized carbons (Fsp3) is 0.650. The Hall–Kier alpha value is -1.39. The van der Waals surface area contributed by atoms with Crippen molar-refractivity contribution in [3.8, 4) is 0 Å². The van der Waals surface area contributed by atoms with Gasteiger partial charge < -0.3 is 15.5 Å². The van der Waals surface area contributed by atoms with Crippen molar-refractivity contribution in [2.24, 2.45) is 11.7 Å². The number of carbonyl (C=O) groups is 1. The highest BCUT2D eigenvalue weighted by Crippen LogP contribution is 2.24. The fourth-order valence-corrected chi connectivity index (χ4v) is 4.17. The zero-order chi connectivity index (χ0) is 16.9. The van der Waals surface area contributed by atoms with Crippen molar-refractivity contribution >= 4 is 5.91 Å². The summed E-state index contributed by atoms with van der Waals surface area (Å²) in [6.45, 7) is 6.41. The van der Waals surface area contributed by atoms with Crippen LogP contribution in [0, 0.1) is 5.92 Å². The van der Waals surface area contributed by atoms with Crippen LogP contribution in [-0.4, -0.2) is 47.9 Å². The van der Waals surface area contributed by atoms with Crippen molar-refractivity contribution in [1.29, 1.82) is 0 Å². The third kappa shape index (κ3) is 4.17. The first kappa shape index (κ1) is 17.4. The number of piperidine rings is 2. The van der Waals surface area contributed by atoms with Crippen LogP contribution >= 0.6 is 0 Å². The van der Waals surface area contributed by atoms with Gasteiger partial charge in [-0.15, -0.1) is 0 Å². The van der Waals surface area contributed by atoms with Gasteiger partial charge in [0.2, 0.25) is 5.91 Å². The SMILES string of the molecule is C[C@@H]1CCCCN1C[C@H]1CCCN(C(=O)[C@H](N)c2ccccc2)C1. The first-order chi connectivity index (χ1) is 11.6. The van der Waals surface area contributed by atoms with E-state index in [0.29, 0.717) is 12.0 Å². The molecule has 2 aliphatic rings. The van der Waals surface area contributed by atoms with Gasteiger partial charge >= 0.3 is 0 Å². The summed E-state index contributed by atoms with van der Waals surface area (Å²) in [5.41, 5.74) is 7.13. The molecule has 0 spiro atoms. The zero-order valence-corrected chi connectivity index (χ0v) is 14.9. The summed E-state index contributed by atoms with van der Waals surface area (Å²) < 4.78 is 0. The summed E-state index contributed by atoms with van der Waals surface area (Å²) in [6.07, 6.45) is 6.32. The predicted octanol–water partition coefficient (Wildman–Crippen LogP) is 2.80. The van der Waals surface area contributed by atoms with Crippen LogP contribution in [0.2, 0.25) is 0 Å². The number of likely N-dealkylation sites (tertiary alicyclic amines) is 2. The number of nitrogens with zero attached hydrogens (tertiary/aromatic N) is 2. The van der Waals surface area contributed by atoms with E-state index < -0.39 is 6.04 Å². The molecule has 0 aliphatic carbocycles. The molecule has 1 aromatic carbocycles. The van der Waals surface area contributed by atoms with Gasteiger partial charge in [-0.1, -0.05) is 36.8 Å². The van der Waals surface area contributed by atoms with Crippen LogP contribution in [0.25, 0.3) is 0 Å². The van der Waals surface area contributed by atoms with E-state index in [2.05, 4.69) is 11.8 Å². The van der Waals surface area contributed by atoms with Gasteiger partial charge in [0.25, 0.3) is 0 Å². The van der Waals surface area contributed by atoms with Crippen LogP contribution in [0.5, 0.6) is 0 Å². The maximum atomic E-state index is 12.8. The van der Waals surface area contributed by atoms with Crippen molar-refractivity contribution < 1.29 is 4.79 Å². The Morgan fingerprint density at radius 1 is 1.17 bits per heavy atom. The first-order valence-corrected chi connectivity index (χ1v) is 9.48. The lowest BCUT2D eigenvalue weighted by Crippen LogP contribution is -2.48. The number of hydrogen-bond donors (Lipinski definition) is 1. The topological polar surface area (TPSA) is 49.6 Å². The van der Waals surface area contributed by atoms with Crippen molar-refractivity contribution in [3.05, 3.63) is 35.9 Å². The molecule has 0 radical (unpaired) electrons. The molecule has 24 heavy (non-hydrogen) atoms. The Kier molecular flexibility index (Phi) is 5.90. The molecule has 4 nitrogen and oxygen atoms in total. The minimum atomic E-state index is -0.529. The molecule has 132 valence electrons. The zero-order valence-electron chi connectivity index (χ0n) is 14.9. The summed E-state index contributed by atoms with van der Waals surface area (Å²) in [6, 6.07) is 9.89. The monoisotopic (exact) mass is 329 g/mol. The number of amides is 1. The van der Waals surface area contributed by atoms with Gasteiger partial charge in [-0.3, -0.25) is 4.79 Å². The molecular formula is C20H31N3O. The number of benzene rings is 1. The van der Waals surface area contributed by atoms with Gasteiger partial charge in [0.1, 0.15) is 6.04 Å². The summed E-state index contributed by atoms with van der Waals surface area (Å²) in [5.74, 6) is 0.670. The second-order valence-corrected chi connectivity index (χ2v) is 7.52. The van der Waals surface area contributed by atoms with E-state index >= 15 is 0 Å². The van der Waals surface area contributed by atoms with E-state index in [9.17, 15) is 4.79 Å². The first-order valence-electron chi connectivity index (χ1n) is 9.48. The summed E-state index contributed by atoms with van der Waals surface area (Å²) >= 11 is 0. The molecule has 2 fully saturated rings. The normalized spacial score (nSPS) is 27.0. The Bertz CT molecular complexity index is 533. The lowest BCUT2D eigenvalue weighted by molar-refractivity contribution is -0.134. The molecule has 3 atom stereocenters. The number of rotatable bonds is 4. The Morgan fingerprint density at radius 2 is 1.96 bits per heavy atom. The maximum absolute atomic E-state index is 12.8. The van der Waals surface area contributed by atoms with Gasteiger partial charge in [0, 0.05) is 25.7 Å². The molecule has 3 rings (SSSR count). The van der Waals surface area contributed by atoms with Crippen molar-refractivity contribution in [2.45, 2.75) is 51.1 Å². The quantitative estimate of drug-likeness (QED) is 0.924. The fourth-order valence-electron chi connectivity index (χ4n) is 4.17. The Labute approximate surface area is 146 Å². The molecule has 0 aromatic heterocycles. The van der Waals surface area contributed by atoms with Crippen molar-refractivity contribution in [1.82, 2.24) is 9.80 Å². The molecule has 1 aromatic rings. The lowest BCUT2D eigenvalue weighted by atomic mass is 9.94. The van der Waals surface area contributed by atoms with Crippen LogP contribution in [0.1, 0.15) is 50.6 Å². The number of carbonyl (C=O) groups excluding carboxylic acids is 1. The Balaban J connectivity index is 1.57. The summed E-state index contributed by atoms with van der Waals surface area (Å²) in [4.78, 5) is 17.4. The van der Waals surface area contributed by atoms with Crippen LogP contribution in [-0.2, 0) is 4.79 Å². The van der Waals surface area contributed by atoms with Crippen LogP contribution in [0.3, 0.4) is 0 Å². The molecule has 2 heterocycles. The minimum Gasteiger partial charge on any atom is -0.341 e. The Morgan fingerprint density at radius 3 is 2.71 bits per heavy atom. The lowest BCUT2D eigenvalue weighted by Gasteiger charge is -2.40. The number of nitrogens with two attached hydrogens (primary N) is 1. The molecule has 2 aliphatic heterocycles. The van der Waals surface area contributed by atoms with Gasteiger partial charge in [-0.2, -0.15) is 0 Å². The molecule has 0 bridgehead atoms. The largest absolute Gasteiger partial charge is 0.341 e. The van der Waals surface area contributed by atoms with Gasteiger partial charge in [-0.25, -0.2) is 0 Å². The molecule has 2 N–H and O–H groups in total. The van der Waals surface area contributed by atoms with Gasteiger partial charge in [-0.05, 0) is 50.6 Å². The third-order valence-corrected chi connectivity index (χ3v) is 5.69. The highest BCUT2D eigenvalue weighted by Gasteiger charge is 2.30. The van der Waals surface area contributed by atoms with E-state index in [1.165, 1.54) is 32.2 Å². The maximum Gasteiger partial charge on any atom is 0.244 e. The van der Waals surface area contributed by atoms with Gasteiger partial charge in [0.15, 0.2) is 0 Å². The second kappa shape index (κ2) is 8.13. The molecule has 0 unspecified atom stereocenters. The standard InChI is InChI=1S/C20H31N3O/c1-16-8-5-6-12-22(16)14-17-9-7-13-23(15-17)20(24)19(21)18-10-3-2-4-11-18/h2-4,10-11,16-17,19H,5-9,12-15,21H2,1H3/t16-,17-,19-/m1/s1. The average molecular weight is 329 g/mol. The predicted molar refractivity (Wildman–Crippen MR) is 97.6 cm³/mol. The van der Waals surface area contributed by atoms with Gasteiger partial charge in [0.05, 0.1) is 0 Å². The van der Waals surface area contributed by atoms with E-state index in [1.54, 1.807) is 0 Å². The minimum absolute atomic E-state index is 0.0811. The molecule has 0 saturated carbocycles. The average Bonchev–Trinajstić information content (AvgIpc) is 2.63. The molecule has 1 amide bonds. The van der Waals surface area contributed by atoms with Crippen LogP contribution in [0.15, 0.2) is 30.3 Å². The number of hydrogen-bond acceptors (Lipinski definition) is 3. The van der Waals surface area contributed by atoms with Crippen molar-refractivity contribution in [2.75, 3.05) is 26.2 Å². The molecule has 4 heteroatoms. The highest BCUT2D eigenvalue weighted by molar-refractivity contribution is 5.83. The van der Waals surface area contributed by atoms with E-state index in [4.69, 9.17) is 5.73 Å². The van der Waals surface area contributed by atoms with Crippen LogP contribution < -0.4 is 5.73 Å². The van der Waals surface area contributed by atoms with E-state index in [1.807, 2.05) is 35.2 Å². The third-order valence-electron chi connectivity index (χ3n) is 5.69. The summed E-state index contributed by atoms with van der Waals surface area (Å²) in [5, 5.41) is 0. The van der Waals surface area contributed by atoms with E-state index in [-0.39, 0.29) is 5.91 Å². The molecule has 2 saturated heterocycles. The second-order valence-electron chi connectivity index (χ2n) is 7.52. The van der Waals surface area contributed by atoms with Crippen molar-refractivity contribution in [3.63, 3.8) is 0 Å². The van der Waals surface area contributed by atoms with Crippen LogP contribution in [0.4, 0.5) is 0 Å². The van der Waals surface area contributed by atoms with E-state index in [0.717, 1.165) is 31.6 Å². The highest BCUT2D eigenvalue weighted by atomic mass is 16.2. The molecular weight excluding hydrogens is 298 g/mol. The smallest absolute Gasteiger partial charge is 0.244 e. The summed E-state index contributed by atoms with van der Waals surface area (Å²) in [7, 11) is 0.